The fourth-order valence-electron chi connectivity index (χ4n) is 3.48. The highest BCUT2D eigenvalue weighted by Gasteiger charge is 2.19. The number of para-hydroxylation sites is 1. The topological polar surface area (TPSA) is 50.4 Å². The van der Waals surface area contributed by atoms with Crippen molar-refractivity contribution in [3.05, 3.63) is 70.8 Å². The van der Waals surface area contributed by atoms with Crippen LogP contribution in [0.15, 0.2) is 48.5 Å². The standard InChI is InChI=1S/C23H28N2O2/c1-15-12-13-21(20-11-6-5-10-19(15)20)25-23(26)24-18(4)14-27-22-16(2)8-7-9-17(22)3/h5-11,13,15,18H,12,14H2,1-4H3,(H2,24,25,26). The summed E-state index contributed by atoms with van der Waals surface area (Å²) < 4.78 is 5.93. The van der Waals surface area contributed by atoms with Gasteiger partial charge >= 0.3 is 6.03 Å². The quantitative estimate of drug-likeness (QED) is 0.791. The molecule has 0 heterocycles. The van der Waals surface area contributed by atoms with Crippen LogP contribution < -0.4 is 15.4 Å². The number of ether oxygens (including phenoxy) is 1. The molecule has 1 aliphatic carbocycles. The molecule has 2 aromatic rings. The van der Waals surface area contributed by atoms with Crippen molar-refractivity contribution in [1.82, 2.24) is 10.6 Å². The lowest BCUT2D eigenvalue weighted by molar-refractivity contribution is 0.229. The number of aryl methyl sites for hydroxylation is 2. The number of hydrogen-bond acceptors (Lipinski definition) is 2. The van der Waals surface area contributed by atoms with Crippen LogP contribution in [0.2, 0.25) is 0 Å². The molecule has 2 amide bonds. The molecule has 27 heavy (non-hydrogen) atoms. The minimum absolute atomic E-state index is 0.109. The summed E-state index contributed by atoms with van der Waals surface area (Å²) in [5.74, 6) is 1.36. The maximum atomic E-state index is 12.4. The smallest absolute Gasteiger partial charge is 0.319 e. The number of fused-ring (bicyclic) bond motifs is 1. The van der Waals surface area contributed by atoms with Gasteiger partial charge in [-0.25, -0.2) is 4.79 Å². The third-order valence-corrected chi connectivity index (χ3v) is 4.97. The van der Waals surface area contributed by atoms with Gasteiger partial charge in [-0.15, -0.1) is 0 Å². The van der Waals surface area contributed by atoms with Gasteiger partial charge < -0.3 is 15.4 Å². The van der Waals surface area contributed by atoms with Gasteiger partial charge in [-0.3, -0.25) is 0 Å². The number of urea groups is 1. The summed E-state index contributed by atoms with van der Waals surface area (Å²) in [4.78, 5) is 12.4. The molecule has 2 aromatic carbocycles. The molecule has 0 fully saturated rings. The zero-order chi connectivity index (χ0) is 19.4. The molecule has 0 aromatic heterocycles. The monoisotopic (exact) mass is 364 g/mol. The van der Waals surface area contributed by atoms with E-state index in [2.05, 4.69) is 35.8 Å². The Morgan fingerprint density at radius 2 is 1.85 bits per heavy atom. The highest BCUT2D eigenvalue weighted by atomic mass is 16.5. The molecule has 142 valence electrons. The van der Waals surface area contributed by atoms with Crippen molar-refractivity contribution in [2.45, 2.75) is 46.1 Å². The Bertz CT molecular complexity index is 837. The number of nitrogens with one attached hydrogen (secondary N) is 2. The van der Waals surface area contributed by atoms with Crippen molar-refractivity contribution in [3.8, 4) is 5.75 Å². The van der Waals surface area contributed by atoms with Crippen molar-refractivity contribution >= 4 is 11.7 Å². The fraction of sp³-hybridized carbons (Fsp3) is 0.348. The number of hydrogen-bond donors (Lipinski definition) is 2. The van der Waals surface area contributed by atoms with Crippen LogP contribution in [0.4, 0.5) is 4.79 Å². The molecular formula is C23H28N2O2. The van der Waals surface area contributed by atoms with E-state index in [0.717, 1.165) is 34.6 Å². The molecule has 0 spiro atoms. The van der Waals surface area contributed by atoms with E-state index in [1.54, 1.807) is 0 Å². The summed E-state index contributed by atoms with van der Waals surface area (Å²) >= 11 is 0. The second-order valence-corrected chi connectivity index (χ2v) is 7.37. The Morgan fingerprint density at radius 1 is 1.15 bits per heavy atom. The minimum atomic E-state index is -0.205. The summed E-state index contributed by atoms with van der Waals surface area (Å²) in [5, 5.41) is 5.97. The molecule has 2 atom stereocenters. The third kappa shape index (κ3) is 4.51. The van der Waals surface area contributed by atoms with Gasteiger partial charge in [0.2, 0.25) is 0 Å². The van der Waals surface area contributed by atoms with E-state index in [9.17, 15) is 4.79 Å². The molecule has 4 nitrogen and oxygen atoms in total. The van der Waals surface area contributed by atoms with Crippen molar-refractivity contribution in [2.24, 2.45) is 0 Å². The van der Waals surface area contributed by atoms with E-state index in [-0.39, 0.29) is 12.1 Å². The molecular weight excluding hydrogens is 336 g/mol. The van der Waals surface area contributed by atoms with Gasteiger partial charge in [-0.05, 0) is 49.8 Å². The fourth-order valence-corrected chi connectivity index (χ4v) is 3.48. The van der Waals surface area contributed by atoms with Crippen LogP contribution in [-0.2, 0) is 0 Å². The largest absolute Gasteiger partial charge is 0.491 e. The van der Waals surface area contributed by atoms with Gasteiger partial charge in [0, 0.05) is 11.3 Å². The Kier molecular flexibility index (Phi) is 5.84. The molecule has 0 aliphatic heterocycles. The van der Waals surface area contributed by atoms with E-state index in [1.165, 1.54) is 5.56 Å². The maximum absolute atomic E-state index is 12.4. The second kappa shape index (κ2) is 8.30. The summed E-state index contributed by atoms with van der Waals surface area (Å²) in [6.45, 7) is 8.63. The average molecular weight is 364 g/mol. The van der Waals surface area contributed by atoms with Crippen LogP contribution >= 0.6 is 0 Å². The Hall–Kier alpha value is -2.75. The first-order valence-corrected chi connectivity index (χ1v) is 9.51. The molecule has 2 N–H and O–H groups in total. The van der Waals surface area contributed by atoms with Gasteiger partial charge in [0.25, 0.3) is 0 Å². The first kappa shape index (κ1) is 19.0. The Morgan fingerprint density at radius 3 is 2.59 bits per heavy atom. The van der Waals surface area contributed by atoms with Gasteiger partial charge in [0.1, 0.15) is 12.4 Å². The normalized spacial score (nSPS) is 16.7. The summed E-state index contributed by atoms with van der Waals surface area (Å²) in [6.07, 6.45) is 3.03. The number of benzene rings is 2. The zero-order valence-corrected chi connectivity index (χ0v) is 16.5. The van der Waals surface area contributed by atoms with Crippen molar-refractivity contribution in [3.63, 3.8) is 0 Å². The molecule has 2 unspecified atom stereocenters. The first-order valence-electron chi connectivity index (χ1n) is 9.51. The van der Waals surface area contributed by atoms with Crippen molar-refractivity contribution in [2.75, 3.05) is 6.61 Å². The minimum Gasteiger partial charge on any atom is -0.491 e. The van der Waals surface area contributed by atoms with Crippen LogP contribution in [0.3, 0.4) is 0 Å². The van der Waals surface area contributed by atoms with Gasteiger partial charge in [-0.1, -0.05) is 55.5 Å². The molecule has 1 aliphatic rings. The molecule has 0 saturated carbocycles. The summed E-state index contributed by atoms with van der Waals surface area (Å²) in [7, 11) is 0. The Labute approximate surface area is 161 Å². The lowest BCUT2D eigenvalue weighted by Gasteiger charge is -2.24. The van der Waals surface area contributed by atoms with Gasteiger partial charge in [0.05, 0.1) is 6.04 Å². The average Bonchev–Trinajstić information content (AvgIpc) is 2.64. The zero-order valence-electron chi connectivity index (χ0n) is 16.5. The highest BCUT2D eigenvalue weighted by molar-refractivity contribution is 5.87. The molecule has 3 rings (SSSR count). The first-order chi connectivity index (χ1) is 13.0. The van der Waals surface area contributed by atoms with Gasteiger partial charge in [0.15, 0.2) is 0 Å². The van der Waals surface area contributed by atoms with E-state index in [1.807, 2.05) is 51.1 Å². The second-order valence-electron chi connectivity index (χ2n) is 7.37. The number of allylic oxidation sites excluding steroid dienone is 1. The maximum Gasteiger partial charge on any atom is 0.319 e. The molecule has 0 bridgehead atoms. The van der Waals surface area contributed by atoms with E-state index >= 15 is 0 Å². The van der Waals surface area contributed by atoms with Crippen LogP contribution in [0, 0.1) is 13.8 Å². The van der Waals surface area contributed by atoms with Crippen LogP contribution in [0.5, 0.6) is 5.75 Å². The van der Waals surface area contributed by atoms with Crippen molar-refractivity contribution < 1.29 is 9.53 Å². The predicted octanol–water partition coefficient (Wildman–Crippen LogP) is 4.92. The predicted molar refractivity (Wildman–Crippen MR) is 110 cm³/mol. The van der Waals surface area contributed by atoms with Crippen LogP contribution in [0.25, 0.3) is 5.70 Å². The molecule has 0 saturated heterocycles. The van der Waals surface area contributed by atoms with Gasteiger partial charge in [-0.2, -0.15) is 0 Å². The van der Waals surface area contributed by atoms with Crippen LogP contribution in [-0.4, -0.2) is 18.7 Å². The summed E-state index contributed by atoms with van der Waals surface area (Å²) in [6, 6.07) is 14.0. The molecule has 4 heteroatoms. The number of rotatable bonds is 5. The highest BCUT2D eigenvalue weighted by Crippen LogP contribution is 2.32. The van der Waals surface area contributed by atoms with E-state index in [4.69, 9.17) is 4.74 Å². The molecule has 0 radical (unpaired) electrons. The van der Waals surface area contributed by atoms with E-state index < -0.39 is 0 Å². The Balaban J connectivity index is 1.57. The SMILES string of the molecule is Cc1cccc(C)c1OCC(C)NC(=O)NC1=CCC(C)c2ccccc21. The lowest BCUT2D eigenvalue weighted by atomic mass is 9.87. The summed E-state index contributed by atoms with van der Waals surface area (Å²) in [5.41, 5.74) is 5.46. The number of amides is 2. The number of carbonyl (C=O) groups excluding carboxylic acids is 1. The van der Waals surface area contributed by atoms with Crippen molar-refractivity contribution in [1.29, 1.82) is 0 Å². The van der Waals surface area contributed by atoms with E-state index in [0.29, 0.717) is 12.5 Å². The van der Waals surface area contributed by atoms with Crippen LogP contribution in [0.1, 0.15) is 48.4 Å². The number of carbonyl (C=O) groups is 1. The lowest BCUT2D eigenvalue weighted by Crippen LogP contribution is -2.43. The third-order valence-electron chi connectivity index (χ3n) is 4.97.